The van der Waals surface area contributed by atoms with Crippen LogP contribution in [-0.2, 0) is 0 Å². The number of rotatable bonds is 6. The Kier molecular flexibility index (Phi) is 4.39. The minimum Gasteiger partial charge on any atom is -0.330 e. The summed E-state index contributed by atoms with van der Waals surface area (Å²) < 4.78 is 0. The SMILES string of the molecule is CCC(CC)(CN)CNC1CC(C)C1. The molecule has 0 atom stereocenters. The van der Waals surface area contributed by atoms with E-state index in [2.05, 4.69) is 26.1 Å². The maximum Gasteiger partial charge on any atom is 0.00723 e. The Morgan fingerprint density at radius 2 is 1.86 bits per heavy atom. The molecule has 0 aromatic heterocycles. The smallest absolute Gasteiger partial charge is 0.00723 e. The molecular formula is C12H26N2. The normalized spacial score (nSPS) is 27.4. The van der Waals surface area contributed by atoms with Crippen molar-refractivity contribution in [3.05, 3.63) is 0 Å². The lowest BCUT2D eigenvalue weighted by Gasteiger charge is -2.38. The van der Waals surface area contributed by atoms with Crippen molar-refractivity contribution >= 4 is 0 Å². The fourth-order valence-electron chi connectivity index (χ4n) is 2.29. The van der Waals surface area contributed by atoms with Gasteiger partial charge in [0, 0.05) is 12.6 Å². The summed E-state index contributed by atoms with van der Waals surface area (Å²) in [5.74, 6) is 0.933. The first-order chi connectivity index (χ1) is 6.65. The number of hydrogen-bond donors (Lipinski definition) is 2. The van der Waals surface area contributed by atoms with Gasteiger partial charge in [-0.2, -0.15) is 0 Å². The lowest BCUT2D eigenvalue weighted by atomic mass is 9.79. The molecule has 1 saturated carbocycles. The molecule has 1 aliphatic carbocycles. The van der Waals surface area contributed by atoms with Gasteiger partial charge in [0.2, 0.25) is 0 Å². The molecule has 0 heterocycles. The fourth-order valence-corrected chi connectivity index (χ4v) is 2.29. The second kappa shape index (κ2) is 5.13. The molecule has 0 aromatic carbocycles. The molecule has 0 aliphatic heterocycles. The lowest BCUT2D eigenvalue weighted by molar-refractivity contribution is 0.188. The van der Waals surface area contributed by atoms with Crippen LogP contribution in [0.4, 0.5) is 0 Å². The van der Waals surface area contributed by atoms with Gasteiger partial charge in [0.15, 0.2) is 0 Å². The number of nitrogens with one attached hydrogen (secondary N) is 1. The average molecular weight is 198 g/mol. The Morgan fingerprint density at radius 1 is 1.29 bits per heavy atom. The molecule has 0 amide bonds. The van der Waals surface area contributed by atoms with Crippen molar-refractivity contribution in [1.82, 2.24) is 5.32 Å². The Bertz CT molecular complexity index is 149. The minimum absolute atomic E-state index is 0.346. The summed E-state index contributed by atoms with van der Waals surface area (Å²) in [6.45, 7) is 8.75. The standard InChI is InChI=1S/C12H26N2/c1-4-12(5-2,8-13)9-14-11-6-10(3)7-11/h10-11,14H,4-9,13H2,1-3H3. The van der Waals surface area contributed by atoms with Crippen LogP contribution in [0.2, 0.25) is 0 Å². The van der Waals surface area contributed by atoms with Gasteiger partial charge in [-0.15, -0.1) is 0 Å². The summed E-state index contributed by atoms with van der Waals surface area (Å²) in [4.78, 5) is 0. The third kappa shape index (κ3) is 2.71. The minimum atomic E-state index is 0.346. The molecule has 0 saturated heterocycles. The van der Waals surface area contributed by atoms with E-state index in [-0.39, 0.29) is 0 Å². The van der Waals surface area contributed by atoms with Gasteiger partial charge in [-0.25, -0.2) is 0 Å². The summed E-state index contributed by atoms with van der Waals surface area (Å²) in [6.07, 6.45) is 5.09. The lowest BCUT2D eigenvalue weighted by Crippen LogP contribution is -2.47. The molecule has 3 N–H and O–H groups in total. The van der Waals surface area contributed by atoms with E-state index in [9.17, 15) is 0 Å². The van der Waals surface area contributed by atoms with E-state index in [4.69, 9.17) is 5.73 Å². The largest absolute Gasteiger partial charge is 0.330 e. The Balaban J connectivity index is 2.26. The first-order valence-corrected chi connectivity index (χ1v) is 6.09. The van der Waals surface area contributed by atoms with Gasteiger partial charge in [-0.1, -0.05) is 20.8 Å². The first kappa shape index (κ1) is 12.0. The molecule has 84 valence electrons. The summed E-state index contributed by atoms with van der Waals surface area (Å²) in [6, 6.07) is 0.772. The van der Waals surface area contributed by atoms with E-state index in [0.29, 0.717) is 5.41 Å². The van der Waals surface area contributed by atoms with E-state index in [1.807, 2.05) is 0 Å². The zero-order chi connectivity index (χ0) is 10.6. The predicted octanol–water partition coefficient (Wildman–Crippen LogP) is 2.14. The molecule has 14 heavy (non-hydrogen) atoms. The summed E-state index contributed by atoms with van der Waals surface area (Å²) in [5, 5.41) is 3.66. The van der Waals surface area contributed by atoms with E-state index in [1.54, 1.807) is 0 Å². The monoisotopic (exact) mass is 198 g/mol. The molecule has 1 aliphatic rings. The van der Waals surface area contributed by atoms with Crippen LogP contribution in [0.25, 0.3) is 0 Å². The van der Waals surface area contributed by atoms with Gasteiger partial charge >= 0.3 is 0 Å². The Morgan fingerprint density at radius 3 is 2.21 bits per heavy atom. The zero-order valence-corrected chi connectivity index (χ0v) is 9.97. The fraction of sp³-hybridized carbons (Fsp3) is 1.00. The summed E-state index contributed by atoms with van der Waals surface area (Å²) in [5.41, 5.74) is 6.21. The molecule has 2 nitrogen and oxygen atoms in total. The summed E-state index contributed by atoms with van der Waals surface area (Å²) >= 11 is 0. The van der Waals surface area contributed by atoms with Crippen molar-refractivity contribution in [1.29, 1.82) is 0 Å². The van der Waals surface area contributed by atoms with E-state index >= 15 is 0 Å². The highest BCUT2D eigenvalue weighted by molar-refractivity contribution is 4.87. The first-order valence-electron chi connectivity index (χ1n) is 6.09. The second-order valence-electron chi connectivity index (χ2n) is 5.07. The van der Waals surface area contributed by atoms with Crippen molar-refractivity contribution in [2.45, 2.75) is 52.5 Å². The van der Waals surface area contributed by atoms with E-state index in [1.165, 1.54) is 25.7 Å². The molecule has 1 fully saturated rings. The quantitative estimate of drug-likeness (QED) is 0.686. The van der Waals surface area contributed by atoms with Crippen LogP contribution in [0, 0.1) is 11.3 Å². The molecular weight excluding hydrogens is 172 g/mol. The van der Waals surface area contributed by atoms with Crippen molar-refractivity contribution in [3.63, 3.8) is 0 Å². The molecule has 0 aromatic rings. The topological polar surface area (TPSA) is 38.0 Å². The van der Waals surface area contributed by atoms with Crippen LogP contribution in [-0.4, -0.2) is 19.1 Å². The second-order valence-corrected chi connectivity index (χ2v) is 5.07. The molecule has 1 rings (SSSR count). The van der Waals surface area contributed by atoms with Gasteiger partial charge in [-0.05, 0) is 43.6 Å². The highest BCUT2D eigenvalue weighted by atomic mass is 14.9. The van der Waals surface area contributed by atoms with Crippen LogP contribution in [0.15, 0.2) is 0 Å². The molecule has 0 radical (unpaired) electrons. The van der Waals surface area contributed by atoms with Gasteiger partial charge in [0.05, 0.1) is 0 Å². The Labute approximate surface area is 88.6 Å². The van der Waals surface area contributed by atoms with E-state index in [0.717, 1.165) is 25.0 Å². The zero-order valence-electron chi connectivity index (χ0n) is 9.97. The molecule has 0 bridgehead atoms. The number of nitrogens with two attached hydrogens (primary N) is 1. The van der Waals surface area contributed by atoms with E-state index < -0.39 is 0 Å². The molecule has 2 heteroatoms. The molecule has 0 spiro atoms. The maximum absolute atomic E-state index is 5.86. The van der Waals surface area contributed by atoms with Crippen LogP contribution < -0.4 is 11.1 Å². The Hall–Kier alpha value is -0.0800. The van der Waals surface area contributed by atoms with Gasteiger partial charge in [0.1, 0.15) is 0 Å². The van der Waals surface area contributed by atoms with Crippen molar-refractivity contribution in [3.8, 4) is 0 Å². The van der Waals surface area contributed by atoms with Crippen LogP contribution in [0.1, 0.15) is 46.5 Å². The maximum atomic E-state index is 5.86. The molecule has 0 unspecified atom stereocenters. The average Bonchev–Trinajstić information content (AvgIpc) is 2.17. The van der Waals surface area contributed by atoms with Gasteiger partial charge < -0.3 is 11.1 Å². The summed E-state index contributed by atoms with van der Waals surface area (Å²) in [7, 11) is 0. The van der Waals surface area contributed by atoms with Gasteiger partial charge in [0.25, 0.3) is 0 Å². The predicted molar refractivity (Wildman–Crippen MR) is 62.3 cm³/mol. The third-order valence-corrected chi connectivity index (χ3v) is 4.07. The van der Waals surface area contributed by atoms with Crippen LogP contribution in [0.5, 0.6) is 0 Å². The van der Waals surface area contributed by atoms with Gasteiger partial charge in [-0.3, -0.25) is 0 Å². The van der Waals surface area contributed by atoms with Crippen molar-refractivity contribution in [2.75, 3.05) is 13.1 Å². The number of hydrogen-bond acceptors (Lipinski definition) is 2. The third-order valence-electron chi connectivity index (χ3n) is 4.07. The van der Waals surface area contributed by atoms with Crippen molar-refractivity contribution < 1.29 is 0 Å². The van der Waals surface area contributed by atoms with Crippen LogP contribution in [0.3, 0.4) is 0 Å². The van der Waals surface area contributed by atoms with Crippen molar-refractivity contribution in [2.24, 2.45) is 17.1 Å². The highest BCUT2D eigenvalue weighted by Crippen LogP contribution is 2.29. The van der Waals surface area contributed by atoms with Crippen LogP contribution >= 0.6 is 0 Å². The highest BCUT2D eigenvalue weighted by Gasteiger charge is 2.29.